The zero-order chi connectivity index (χ0) is 29.3. The summed E-state index contributed by atoms with van der Waals surface area (Å²) < 4.78 is 17.0. The van der Waals surface area contributed by atoms with Crippen LogP contribution in [0.15, 0.2) is 79.4 Å². The first-order valence-corrected chi connectivity index (χ1v) is 13.1. The molecule has 2 unspecified atom stereocenters. The lowest BCUT2D eigenvalue weighted by molar-refractivity contribution is -0.183. The average molecular weight is 585 g/mol. The highest BCUT2D eigenvalue weighted by Crippen LogP contribution is 2.40. The number of amides is 1. The van der Waals surface area contributed by atoms with Gasteiger partial charge < -0.3 is 24.8 Å². The van der Waals surface area contributed by atoms with Gasteiger partial charge in [-0.05, 0) is 61.9 Å². The number of rotatable bonds is 12. The molecule has 0 fully saturated rings. The highest BCUT2D eigenvalue weighted by atomic mass is 35.5. The van der Waals surface area contributed by atoms with Crippen LogP contribution >= 0.6 is 23.2 Å². The number of carbonyl (C=O) groups excluding carboxylic acids is 3. The van der Waals surface area contributed by atoms with E-state index in [1.807, 2.05) is 31.2 Å². The SMILES string of the molecule is C=CC(=O)Nc1ccc(NC(C(=O)OCC)C(OCc2ccc(C)cc2)(C(=O)OC)c2ccc(Cl)cc2Cl)cc1. The van der Waals surface area contributed by atoms with Crippen molar-refractivity contribution in [3.63, 3.8) is 0 Å². The van der Waals surface area contributed by atoms with Gasteiger partial charge in [0, 0.05) is 27.0 Å². The summed E-state index contributed by atoms with van der Waals surface area (Å²) in [4.78, 5) is 39.0. The zero-order valence-corrected chi connectivity index (χ0v) is 23.8. The number of nitrogens with one attached hydrogen (secondary N) is 2. The quantitative estimate of drug-likeness (QED) is 0.197. The number of ether oxygens (including phenoxy) is 3. The van der Waals surface area contributed by atoms with Gasteiger partial charge >= 0.3 is 11.9 Å². The maximum absolute atomic E-state index is 13.8. The van der Waals surface area contributed by atoms with E-state index in [-0.39, 0.29) is 29.7 Å². The van der Waals surface area contributed by atoms with Crippen molar-refractivity contribution in [1.82, 2.24) is 0 Å². The third-order valence-corrected chi connectivity index (χ3v) is 6.53. The minimum Gasteiger partial charge on any atom is -0.467 e. The van der Waals surface area contributed by atoms with Crippen LogP contribution in [0.4, 0.5) is 11.4 Å². The molecule has 0 spiro atoms. The minimum absolute atomic E-state index is 0.0348. The van der Waals surface area contributed by atoms with Crippen LogP contribution in [0.3, 0.4) is 0 Å². The van der Waals surface area contributed by atoms with E-state index < -0.39 is 23.6 Å². The number of halogens is 2. The van der Waals surface area contributed by atoms with Crippen LogP contribution in [-0.4, -0.2) is 37.6 Å². The Morgan fingerprint density at radius 2 is 1.65 bits per heavy atom. The standard InChI is InChI=1S/C30H30Cl2N2O6/c1-5-26(35)33-22-12-14-23(15-13-22)34-27(28(36)39-6-2)30(29(37)38-4,24-16-11-21(31)17-25(24)32)40-18-20-9-7-19(3)8-10-20/h5,7-17,27,34H,1,6,18H2,2-4H3,(H,33,35). The Morgan fingerprint density at radius 3 is 2.23 bits per heavy atom. The summed E-state index contributed by atoms with van der Waals surface area (Å²) >= 11 is 12.8. The predicted molar refractivity (Wildman–Crippen MR) is 155 cm³/mol. The molecule has 8 nitrogen and oxygen atoms in total. The molecule has 210 valence electrons. The first-order chi connectivity index (χ1) is 19.1. The molecule has 2 N–H and O–H groups in total. The summed E-state index contributed by atoms with van der Waals surface area (Å²) in [5.74, 6) is -2.05. The Balaban J connectivity index is 2.17. The van der Waals surface area contributed by atoms with Crippen molar-refractivity contribution >= 4 is 52.4 Å². The molecule has 3 rings (SSSR count). The highest BCUT2D eigenvalue weighted by molar-refractivity contribution is 6.35. The summed E-state index contributed by atoms with van der Waals surface area (Å²) in [6.07, 6.45) is 1.15. The summed E-state index contributed by atoms with van der Waals surface area (Å²) in [5.41, 5.74) is 0.753. The first kappa shape index (κ1) is 30.7. The summed E-state index contributed by atoms with van der Waals surface area (Å²) in [7, 11) is 1.19. The summed E-state index contributed by atoms with van der Waals surface area (Å²) in [6, 6.07) is 17.0. The third kappa shape index (κ3) is 7.21. The van der Waals surface area contributed by atoms with Crippen molar-refractivity contribution in [3.05, 3.63) is 106 Å². The Morgan fingerprint density at radius 1 is 1.00 bits per heavy atom. The van der Waals surface area contributed by atoms with Gasteiger partial charge in [0.05, 0.1) is 20.3 Å². The summed E-state index contributed by atoms with van der Waals surface area (Å²) in [6.45, 7) is 7.00. The van der Waals surface area contributed by atoms with Crippen LogP contribution in [0.1, 0.15) is 23.6 Å². The monoisotopic (exact) mass is 584 g/mol. The molecule has 2 atom stereocenters. The maximum atomic E-state index is 13.8. The smallest absolute Gasteiger partial charge is 0.345 e. The number of hydrogen-bond acceptors (Lipinski definition) is 7. The molecule has 3 aromatic carbocycles. The van der Waals surface area contributed by atoms with Gasteiger partial charge in [-0.2, -0.15) is 0 Å². The van der Waals surface area contributed by atoms with E-state index in [1.54, 1.807) is 31.2 Å². The third-order valence-electron chi connectivity index (χ3n) is 5.98. The molecule has 0 saturated carbocycles. The van der Waals surface area contributed by atoms with Gasteiger partial charge in [0.25, 0.3) is 0 Å². The van der Waals surface area contributed by atoms with Crippen LogP contribution in [0.2, 0.25) is 10.0 Å². The van der Waals surface area contributed by atoms with Gasteiger partial charge in [-0.25, -0.2) is 9.59 Å². The fourth-order valence-corrected chi connectivity index (χ4v) is 4.54. The number of benzene rings is 3. The second-order valence-electron chi connectivity index (χ2n) is 8.73. The number of anilines is 2. The lowest BCUT2D eigenvalue weighted by Gasteiger charge is -2.38. The van der Waals surface area contributed by atoms with E-state index in [2.05, 4.69) is 17.2 Å². The van der Waals surface area contributed by atoms with Gasteiger partial charge in [0.1, 0.15) is 0 Å². The Hall–Kier alpha value is -3.85. The number of aryl methyl sites for hydroxylation is 1. The molecule has 0 aliphatic carbocycles. The molecule has 0 bridgehead atoms. The molecule has 10 heteroatoms. The maximum Gasteiger partial charge on any atom is 0.345 e. The second-order valence-corrected chi connectivity index (χ2v) is 9.57. The van der Waals surface area contributed by atoms with Crippen molar-refractivity contribution in [1.29, 1.82) is 0 Å². The van der Waals surface area contributed by atoms with Crippen LogP contribution in [0, 0.1) is 6.92 Å². The number of methoxy groups -OCH3 is 1. The zero-order valence-electron chi connectivity index (χ0n) is 22.3. The van der Waals surface area contributed by atoms with E-state index in [1.165, 1.54) is 25.3 Å². The topological polar surface area (TPSA) is 103 Å². The van der Waals surface area contributed by atoms with Gasteiger partial charge in [-0.15, -0.1) is 0 Å². The minimum atomic E-state index is -2.11. The molecule has 0 radical (unpaired) electrons. The molecule has 0 saturated heterocycles. The van der Waals surface area contributed by atoms with Crippen LogP contribution in [0.5, 0.6) is 0 Å². The van der Waals surface area contributed by atoms with Crippen molar-refractivity contribution in [2.75, 3.05) is 24.4 Å². The van der Waals surface area contributed by atoms with Crippen molar-refractivity contribution < 1.29 is 28.6 Å². The van der Waals surface area contributed by atoms with Gasteiger partial charge in [0.2, 0.25) is 11.5 Å². The lowest BCUT2D eigenvalue weighted by Crippen LogP contribution is -2.57. The number of carbonyl (C=O) groups is 3. The Bertz CT molecular complexity index is 1360. The number of esters is 2. The molecular formula is C30H30Cl2N2O6. The van der Waals surface area contributed by atoms with Crippen LogP contribution < -0.4 is 10.6 Å². The van der Waals surface area contributed by atoms with E-state index in [9.17, 15) is 14.4 Å². The van der Waals surface area contributed by atoms with Crippen LogP contribution in [0.25, 0.3) is 0 Å². The van der Waals surface area contributed by atoms with Gasteiger partial charge in [-0.1, -0.05) is 65.7 Å². The lowest BCUT2D eigenvalue weighted by atomic mass is 9.85. The molecular weight excluding hydrogens is 555 g/mol. The van der Waals surface area contributed by atoms with E-state index in [0.29, 0.717) is 16.4 Å². The van der Waals surface area contributed by atoms with E-state index >= 15 is 0 Å². The van der Waals surface area contributed by atoms with Gasteiger partial charge in [-0.3, -0.25) is 4.79 Å². The number of hydrogen-bond donors (Lipinski definition) is 2. The largest absolute Gasteiger partial charge is 0.467 e. The fourth-order valence-electron chi connectivity index (χ4n) is 3.99. The van der Waals surface area contributed by atoms with E-state index in [4.69, 9.17) is 37.4 Å². The predicted octanol–water partition coefficient (Wildman–Crippen LogP) is 6.06. The molecule has 1 amide bonds. The molecule has 40 heavy (non-hydrogen) atoms. The normalized spacial score (nSPS) is 12.9. The van der Waals surface area contributed by atoms with Crippen molar-refractivity contribution in [3.8, 4) is 0 Å². The van der Waals surface area contributed by atoms with Crippen molar-refractivity contribution in [2.45, 2.75) is 32.1 Å². The second kappa shape index (κ2) is 14.0. The molecule has 0 aliphatic heterocycles. The van der Waals surface area contributed by atoms with Crippen molar-refractivity contribution in [2.24, 2.45) is 0 Å². The Kier molecular flexibility index (Phi) is 10.7. The Labute approximate surface area is 243 Å². The molecule has 0 aliphatic rings. The van der Waals surface area contributed by atoms with Gasteiger partial charge in [0.15, 0.2) is 6.04 Å². The first-order valence-electron chi connectivity index (χ1n) is 12.3. The fraction of sp³-hybridized carbons (Fsp3) is 0.233. The average Bonchev–Trinajstić information content (AvgIpc) is 2.94. The summed E-state index contributed by atoms with van der Waals surface area (Å²) in [5, 5.41) is 6.13. The van der Waals surface area contributed by atoms with E-state index in [0.717, 1.165) is 17.2 Å². The van der Waals surface area contributed by atoms with Crippen LogP contribution in [-0.2, 0) is 40.8 Å². The highest BCUT2D eigenvalue weighted by Gasteiger charge is 2.55. The molecule has 0 aromatic heterocycles. The molecule has 3 aromatic rings. The molecule has 0 heterocycles.